The van der Waals surface area contributed by atoms with Gasteiger partial charge in [-0.25, -0.2) is 22.8 Å². The molecule has 264 valence electrons. The smallest absolute Gasteiger partial charge is 0.432 e. The number of amides is 1. The lowest BCUT2D eigenvalue weighted by Crippen LogP contribution is -2.60. The van der Waals surface area contributed by atoms with Crippen LogP contribution in [0.25, 0.3) is 10.3 Å². The van der Waals surface area contributed by atoms with Gasteiger partial charge in [-0.1, -0.05) is 17.4 Å². The second-order valence-corrected chi connectivity index (χ2v) is 13.1. The third kappa shape index (κ3) is 8.24. The number of sulfonamides is 1. The highest BCUT2D eigenvalue weighted by Crippen LogP contribution is 2.35. The average molecular weight is 745 g/mol. The first-order chi connectivity index (χ1) is 22.8. The van der Waals surface area contributed by atoms with Crippen molar-refractivity contribution in [3.63, 3.8) is 0 Å². The van der Waals surface area contributed by atoms with Crippen molar-refractivity contribution in [2.75, 3.05) is 24.5 Å². The van der Waals surface area contributed by atoms with E-state index >= 15 is 0 Å². The molecule has 1 aliphatic rings. The molecule has 5 rings (SSSR count). The number of alkyl halides is 8. The van der Waals surface area contributed by atoms with Crippen LogP contribution in [0.1, 0.15) is 17.1 Å². The number of thiazole rings is 1. The lowest BCUT2D eigenvalue weighted by molar-refractivity contribution is -0.274. The van der Waals surface area contributed by atoms with Crippen LogP contribution in [-0.2, 0) is 27.5 Å². The van der Waals surface area contributed by atoms with Gasteiger partial charge in [0.05, 0.1) is 15.3 Å². The molecule has 1 amide bonds. The number of halogens is 9. The van der Waals surface area contributed by atoms with Crippen molar-refractivity contribution in [2.24, 2.45) is 0 Å². The molecule has 1 saturated heterocycles. The summed E-state index contributed by atoms with van der Waals surface area (Å²) in [4.78, 5) is 25.6. The first kappa shape index (κ1) is 35.9. The van der Waals surface area contributed by atoms with E-state index in [-0.39, 0.29) is 33.3 Å². The molecule has 0 radical (unpaired) electrons. The molecule has 3 heterocycles. The van der Waals surface area contributed by atoms with E-state index in [9.17, 15) is 52.7 Å². The summed E-state index contributed by atoms with van der Waals surface area (Å²) < 4.78 is 153. The zero-order valence-electron chi connectivity index (χ0n) is 24.5. The molecular formula is C27H21F9N6O5S2. The van der Waals surface area contributed by atoms with Crippen LogP contribution >= 0.6 is 11.3 Å². The molecule has 0 aliphatic carbocycles. The molecule has 1 aliphatic heterocycles. The summed E-state index contributed by atoms with van der Waals surface area (Å²) in [5, 5.41) is 2.53. The minimum atomic E-state index is -5.04. The van der Waals surface area contributed by atoms with Crippen LogP contribution in [0.4, 0.5) is 44.6 Å². The highest BCUT2D eigenvalue weighted by Gasteiger charge is 2.42. The number of ether oxygens (including phenoxy) is 2. The van der Waals surface area contributed by atoms with Crippen molar-refractivity contribution in [1.82, 2.24) is 24.6 Å². The SMILES string of the molecule is Cc1nc(C(F)(F)F)nc2nc(N3CCN(S(=O)(=O)c4ccc(OC(F)(F)F)cc4)[C@@H](C(=O)NCc4ccc(OC(F)F)c(F)c4)C3)sc12. The summed E-state index contributed by atoms with van der Waals surface area (Å²) in [7, 11) is -4.59. The minimum Gasteiger partial charge on any atom is -0.432 e. The quantitative estimate of drug-likeness (QED) is 0.229. The van der Waals surface area contributed by atoms with Gasteiger partial charge in [0, 0.05) is 26.2 Å². The molecule has 11 nitrogen and oxygen atoms in total. The van der Waals surface area contributed by atoms with Gasteiger partial charge in [0.1, 0.15) is 11.8 Å². The van der Waals surface area contributed by atoms with Gasteiger partial charge in [0.2, 0.25) is 21.8 Å². The van der Waals surface area contributed by atoms with E-state index in [4.69, 9.17) is 0 Å². The third-order valence-electron chi connectivity index (χ3n) is 6.91. The summed E-state index contributed by atoms with van der Waals surface area (Å²) in [6.07, 6.45) is -9.90. The molecule has 1 atom stereocenters. The predicted octanol–water partition coefficient (Wildman–Crippen LogP) is 5.25. The fourth-order valence-electron chi connectivity index (χ4n) is 4.75. The van der Waals surface area contributed by atoms with E-state index in [2.05, 4.69) is 29.7 Å². The number of hydrogen-bond acceptors (Lipinski definition) is 10. The molecule has 0 unspecified atom stereocenters. The zero-order valence-corrected chi connectivity index (χ0v) is 26.2. The van der Waals surface area contributed by atoms with Gasteiger partial charge in [-0.05, 0) is 48.9 Å². The van der Waals surface area contributed by atoms with Gasteiger partial charge >= 0.3 is 19.2 Å². The van der Waals surface area contributed by atoms with E-state index < -0.39 is 88.8 Å². The minimum absolute atomic E-state index is 0.0215. The molecule has 1 fully saturated rings. The molecule has 1 N–H and O–H groups in total. The van der Waals surface area contributed by atoms with Crippen molar-refractivity contribution in [3.05, 3.63) is 65.4 Å². The number of aryl methyl sites for hydroxylation is 1. The standard InChI is InChI=1S/C27H21F9N6O5S2/c1-13-20-21(39-23(38-13)26(31,32)33)40-25(48-20)41-8-9-42(49(44,45)16-5-3-15(4-6-16)47-27(34,35)36)18(12-41)22(43)37-11-14-2-7-19(17(28)10-14)46-24(29)30/h2-7,10,18,24H,8-9,11-12H2,1H3,(H,37,43)/t18-/m1/s1. The second kappa shape index (κ2) is 13.5. The first-order valence-electron chi connectivity index (χ1n) is 13.7. The predicted molar refractivity (Wildman–Crippen MR) is 153 cm³/mol. The molecule has 2 aromatic carbocycles. The monoisotopic (exact) mass is 744 g/mol. The number of benzene rings is 2. The van der Waals surface area contributed by atoms with E-state index in [1.807, 2.05) is 0 Å². The average Bonchev–Trinajstić information content (AvgIpc) is 3.45. The van der Waals surface area contributed by atoms with Crippen LogP contribution in [0, 0.1) is 12.7 Å². The molecule has 2 aromatic heterocycles. The molecular weight excluding hydrogens is 723 g/mol. The zero-order chi connectivity index (χ0) is 35.9. The number of rotatable bonds is 9. The number of carbonyl (C=O) groups is 1. The molecule has 22 heteroatoms. The highest BCUT2D eigenvalue weighted by atomic mass is 32.2. The van der Waals surface area contributed by atoms with E-state index in [0.29, 0.717) is 0 Å². The van der Waals surface area contributed by atoms with Gasteiger partial charge < -0.3 is 19.7 Å². The Morgan fingerprint density at radius 3 is 2.35 bits per heavy atom. The Hall–Kier alpha value is -4.44. The second-order valence-electron chi connectivity index (χ2n) is 10.2. The fraction of sp³-hybridized carbons (Fsp3) is 0.333. The fourth-order valence-corrected chi connectivity index (χ4v) is 7.31. The summed E-state index contributed by atoms with van der Waals surface area (Å²) in [5.74, 6) is -4.98. The number of nitrogens with zero attached hydrogens (tertiary/aromatic N) is 5. The lowest BCUT2D eigenvalue weighted by atomic mass is 10.1. The normalized spacial score (nSPS) is 16.3. The van der Waals surface area contributed by atoms with Crippen molar-refractivity contribution in [3.8, 4) is 11.5 Å². The van der Waals surface area contributed by atoms with E-state index in [1.165, 1.54) is 17.9 Å². The lowest BCUT2D eigenvalue weighted by Gasteiger charge is -2.39. The maximum atomic E-state index is 14.2. The van der Waals surface area contributed by atoms with Crippen LogP contribution in [0.3, 0.4) is 0 Å². The number of anilines is 1. The summed E-state index contributed by atoms with van der Waals surface area (Å²) >= 11 is 0.902. The largest absolute Gasteiger partial charge is 0.573 e. The number of carbonyl (C=O) groups excluding carboxylic acids is 1. The molecule has 4 aromatic rings. The van der Waals surface area contributed by atoms with Crippen molar-refractivity contribution >= 4 is 42.7 Å². The van der Waals surface area contributed by atoms with Crippen LogP contribution in [0.2, 0.25) is 0 Å². The van der Waals surface area contributed by atoms with Gasteiger partial charge in [0.15, 0.2) is 22.3 Å². The number of nitrogens with one attached hydrogen (secondary N) is 1. The van der Waals surface area contributed by atoms with Crippen molar-refractivity contribution in [2.45, 2.75) is 43.6 Å². The Kier molecular flexibility index (Phi) is 9.85. The van der Waals surface area contributed by atoms with Gasteiger partial charge in [-0.3, -0.25) is 4.79 Å². The molecule has 49 heavy (non-hydrogen) atoms. The Bertz CT molecular complexity index is 1960. The Labute approximate surface area is 274 Å². The van der Waals surface area contributed by atoms with Crippen LogP contribution < -0.4 is 19.7 Å². The summed E-state index contributed by atoms with van der Waals surface area (Å²) in [6.45, 7) is -3.32. The number of fused-ring (bicyclic) bond motifs is 1. The molecule has 0 spiro atoms. The molecule has 0 bridgehead atoms. The van der Waals surface area contributed by atoms with E-state index in [0.717, 1.165) is 52.0 Å². The maximum absolute atomic E-state index is 14.2. The summed E-state index contributed by atoms with van der Waals surface area (Å²) in [6, 6.07) is 4.53. The van der Waals surface area contributed by atoms with Crippen LogP contribution in [-0.4, -0.2) is 72.2 Å². The number of piperazine rings is 1. The van der Waals surface area contributed by atoms with Gasteiger partial charge in [-0.15, -0.1) is 13.2 Å². The van der Waals surface area contributed by atoms with Gasteiger partial charge in [-0.2, -0.15) is 31.2 Å². The number of aromatic nitrogens is 3. The van der Waals surface area contributed by atoms with Crippen molar-refractivity contribution < 1.29 is 62.2 Å². The van der Waals surface area contributed by atoms with Crippen molar-refractivity contribution in [1.29, 1.82) is 0 Å². The Morgan fingerprint density at radius 1 is 1.04 bits per heavy atom. The Balaban J connectivity index is 1.43. The summed E-state index contributed by atoms with van der Waals surface area (Å²) in [5.41, 5.74) is -0.222. The van der Waals surface area contributed by atoms with Crippen LogP contribution in [0.15, 0.2) is 47.4 Å². The Morgan fingerprint density at radius 2 is 1.73 bits per heavy atom. The number of hydrogen-bond donors (Lipinski definition) is 1. The van der Waals surface area contributed by atoms with Gasteiger partial charge in [0.25, 0.3) is 0 Å². The maximum Gasteiger partial charge on any atom is 0.573 e. The third-order valence-corrected chi connectivity index (χ3v) is 10.0. The molecule has 0 saturated carbocycles. The van der Waals surface area contributed by atoms with Crippen LogP contribution in [0.5, 0.6) is 11.5 Å². The highest BCUT2D eigenvalue weighted by molar-refractivity contribution is 7.89. The first-order valence-corrected chi connectivity index (χ1v) is 15.9. The van der Waals surface area contributed by atoms with E-state index in [1.54, 1.807) is 0 Å². The topological polar surface area (TPSA) is 127 Å².